The molecule has 1 unspecified atom stereocenters. The highest BCUT2D eigenvalue weighted by atomic mass is 79.9. The normalized spacial score (nSPS) is 13.2. The van der Waals surface area contributed by atoms with Crippen molar-refractivity contribution in [1.82, 2.24) is 4.90 Å². The van der Waals surface area contributed by atoms with Gasteiger partial charge < -0.3 is 15.7 Å². The first-order valence-corrected chi connectivity index (χ1v) is 5.17. The minimum absolute atomic E-state index is 0.470. The largest absolute Gasteiger partial charge is 0.398 e. The summed E-state index contributed by atoms with van der Waals surface area (Å²) >= 11 is 3.33. The lowest BCUT2D eigenvalue weighted by Crippen LogP contribution is -2.20. The number of aliphatic hydroxyl groups is 1. The Morgan fingerprint density at radius 1 is 1.50 bits per heavy atom. The number of nitrogens with two attached hydrogens (primary N) is 1. The first-order chi connectivity index (χ1) is 6.50. The topological polar surface area (TPSA) is 49.5 Å². The second kappa shape index (κ2) is 4.77. The SMILES string of the molecule is CN(C)CC(O)c1ccc(N)c(Br)c1. The van der Waals surface area contributed by atoms with Crippen molar-refractivity contribution >= 4 is 21.6 Å². The molecule has 0 aromatic heterocycles. The van der Waals surface area contributed by atoms with Crippen LogP contribution < -0.4 is 5.73 Å². The Labute approximate surface area is 92.7 Å². The third-order valence-electron chi connectivity index (χ3n) is 1.95. The van der Waals surface area contributed by atoms with Crippen LogP contribution in [-0.4, -0.2) is 30.6 Å². The Kier molecular flexibility index (Phi) is 3.92. The number of nitrogen functional groups attached to an aromatic ring is 1. The summed E-state index contributed by atoms with van der Waals surface area (Å²) in [5.74, 6) is 0. The zero-order valence-electron chi connectivity index (χ0n) is 8.37. The summed E-state index contributed by atoms with van der Waals surface area (Å²) in [6.07, 6.45) is -0.470. The molecule has 0 aliphatic rings. The molecule has 0 bridgehead atoms. The summed E-state index contributed by atoms with van der Waals surface area (Å²) < 4.78 is 0.827. The van der Waals surface area contributed by atoms with E-state index < -0.39 is 6.10 Å². The van der Waals surface area contributed by atoms with E-state index in [1.165, 1.54) is 0 Å². The Bertz CT molecular complexity index is 315. The minimum Gasteiger partial charge on any atom is -0.398 e. The number of aliphatic hydroxyl groups excluding tert-OH is 1. The summed E-state index contributed by atoms with van der Waals surface area (Å²) in [6, 6.07) is 5.48. The molecule has 78 valence electrons. The molecule has 1 rings (SSSR count). The molecule has 0 aliphatic carbocycles. The van der Waals surface area contributed by atoms with Crippen molar-refractivity contribution in [2.24, 2.45) is 0 Å². The first kappa shape index (κ1) is 11.5. The Hall–Kier alpha value is -0.580. The second-order valence-corrected chi connectivity index (χ2v) is 4.41. The molecular weight excluding hydrogens is 244 g/mol. The smallest absolute Gasteiger partial charge is 0.0917 e. The third-order valence-corrected chi connectivity index (χ3v) is 2.63. The number of hydrogen-bond acceptors (Lipinski definition) is 3. The quantitative estimate of drug-likeness (QED) is 0.811. The van der Waals surface area contributed by atoms with Crippen LogP contribution in [0.1, 0.15) is 11.7 Å². The van der Waals surface area contributed by atoms with E-state index >= 15 is 0 Å². The van der Waals surface area contributed by atoms with Gasteiger partial charge in [-0.3, -0.25) is 0 Å². The summed E-state index contributed by atoms with van der Waals surface area (Å²) in [4.78, 5) is 1.94. The number of rotatable bonds is 3. The maximum atomic E-state index is 9.80. The van der Waals surface area contributed by atoms with Gasteiger partial charge in [0.05, 0.1) is 6.10 Å². The molecule has 0 radical (unpaired) electrons. The zero-order valence-corrected chi connectivity index (χ0v) is 9.95. The summed E-state index contributed by atoms with van der Waals surface area (Å²) in [5.41, 5.74) is 7.21. The molecule has 14 heavy (non-hydrogen) atoms. The van der Waals surface area contributed by atoms with Crippen LogP contribution >= 0.6 is 15.9 Å². The van der Waals surface area contributed by atoms with Crippen LogP contribution in [0, 0.1) is 0 Å². The Balaban J connectivity index is 2.80. The van der Waals surface area contributed by atoms with E-state index in [4.69, 9.17) is 5.73 Å². The number of likely N-dealkylation sites (N-methyl/N-ethyl adjacent to an activating group) is 1. The van der Waals surface area contributed by atoms with Crippen LogP contribution in [0.4, 0.5) is 5.69 Å². The molecular formula is C10H15BrN2O. The molecule has 0 saturated heterocycles. The summed E-state index contributed by atoms with van der Waals surface area (Å²) in [6.45, 7) is 0.607. The van der Waals surface area contributed by atoms with Crippen molar-refractivity contribution in [3.63, 3.8) is 0 Å². The number of nitrogens with zero attached hydrogens (tertiary/aromatic N) is 1. The van der Waals surface area contributed by atoms with E-state index in [0.29, 0.717) is 12.2 Å². The van der Waals surface area contributed by atoms with Gasteiger partial charge in [0.15, 0.2) is 0 Å². The second-order valence-electron chi connectivity index (χ2n) is 3.56. The van der Waals surface area contributed by atoms with E-state index in [9.17, 15) is 5.11 Å². The molecule has 0 heterocycles. The first-order valence-electron chi connectivity index (χ1n) is 4.38. The van der Waals surface area contributed by atoms with Crippen LogP contribution in [0.25, 0.3) is 0 Å². The maximum Gasteiger partial charge on any atom is 0.0917 e. The van der Waals surface area contributed by atoms with E-state index in [1.807, 2.05) is 31.1 Å². The highest BCUT2D eigenvalue weighted by molar-refractivity contribution is 9.10. The molecule has 0 fully saturated rings. The number of halogens is 1. The molecule has 0 saturated carbocycles. The molecule has 1 aromatic rings. The van der Waals surface area contributed by atoms with E-state index in [2.05, 4.69) is 15.9 Å². The van der Waals surface area contributed by atoms with Crippen molar-refractivity contribution in [2.75, 3.05) is 26.4 Å². The zero-order chi connectivity index (χ0) is 10.7. The van der Waals surface area contributed by atoms with Crippen molar-refractivity contribution in [3.8, 4) is 0 Å². The van der Waals surface area contributed by atoms with Crippen molar-refractivity contribution < 1.29 is 5.11 Å². The van der Waals surface area contributed by atoms with Gasteiger partial charge in [0.1, 0.15) is 0 Å². The van der Waals surface area contributed by atoms with Crippen LogP contribution in [0.15, 0.2) is 22.7 Å². The lowest BCUT2D eigenvalue weighted by atomic mass is 10.1. The average molecular weight is 259 g/mol. The summed E-state index contributed by atoms with van der Waals surface area (Å²) in [7, 11) is 3.85. The fourth-order valence-corrected chi connectivity index (χ4v) is 1.60. The summed E-state index contributed by atoms with van der Waals surface area (Å²) in [5, 5.41) is 9.80. The molecule has 0 aliphatic heterocycles. The van der Waals surface area contributed by atoms with E-state index in [-0.39, 0.29) is 0 Å². The Morgan fingerprint density at radius 3 is 2.64 bits per heavy atom. The average Bonchev–Trinajstić information content (AvgIpc) is 2.08. The van der Waals surface area contributed by atoms with Gasteiger partial charge in [-0.1, -0.05) is 6.07 Å². The third kappa shape index (κ3) is 2.97. The standard InChI is InChI=1S/C10H15BrN2O/c1-13(2)6-10(14)7-3-4-9(12)8(11)5-7/h3-5,10,14H,6,12H2,1-2H3. The highest BCUT2D eigenvalue weighted by Gasteiger charge is 2.09. The lowest BCUT2D eigenvalue weighted by molar-refractivity contribution is 0.138. The number of benzene rings is 1. The van der Waals surface area contributed by atoms with Gasteiger partial charge in [-0.15, -0.1) is 0 Å². The molecule has 3 nitrogen and oxygen atoms in total. The van der Waals surface area contributed by atoms with Gasteiger partial charge in [-0.25, -0.2) is 0 Å². The van der Waals surface area contributed by atoms with Gasteiger partial charge >= 0.3 is 0 Å². The van der Waals surface area contributed by atoms with Gasteiger partial charge in [0, 0.05) is 16.7 Å². The predicted octanol–water partition coefficient (Wildman–Crippen LogP) is 1.63. The van der Waals surface area contributed by atoms with Crippen molar-refractivity contribution in [2.45, 2.75) is 6.10 Å². The van der Waals surface area contributed by atoms with Crippen LogP contribution in [0.5, 0.6) is 0 Å². The monoisotopic (exact) mass is 258 g/mol. The number of anilines is 1. The lowest BCUT2D eigenvalue weighted by Gasteiger charge is -2.16. The molecule has 0 spiro atoms. The van der Waals surface area contributed by atoms with Gasteiger partial charge in [0.25, 0.3) is 0 Å². The van der Waals surface area contributed by atoms with Crippen LogP contribution in [0.2, 0.25) is 0 Å². The van der Waals surface area contributed by atoms with Gasteiger partial charge in [-0.2, -0.15) is 0 Å². The fraction of sp³-hybridized carbons (Fsp3) is 0.400. The highest BCUT2D eigenvalue weighted by Crippen LogP contribution is 2.24. The molecule has 3 N–H and O–H groups in total. The van der Waals surface area contributed by atoms with Gasteiger partial charge in [-0.05, 0) is 47.7 Å². The van der Waals surface area contributed by atoms with E-state index in [0.717, 1.165) is 10.0 Å². The minimum atomic E-state index is -0.470. The van der Waals surface area contributed by atoms with Gasteiger partial charge in [0.2, 0.25) is 0 Å². The fourth-order valence-electron chi connectivity index (χ4n) is 1.20. The van der Waals surface area contributed by atoms with E-state index in [1.54, 1.807) is 6.07 Å². The molecule has 1 aromatic carbocycles. The van der Waals surface area contributed by atoms with Crippen LogP contribution in [0.3, 0.4) is 0 Å². The molecule has 0 amide bonds. The Morgan fingerprint density at radius 2 is 2.14 bits per heavy atom. The maximum absolute atomic E-state index is 9.80. The number of hydrogen-bond donors (Lipinski definition) is 2. The predicted molar refractivity (Wildman–Crippen MR) is 62.1 cm³/mol. The molecule has 4 heteroatoms. The van der Waals surface area contributed by atoms with Crippen LogP contribution in [-0.2, 0) is 0 Å². The van der Waals surface area contributed by atoms with Crippen molar-refractivity contribution in [1.29, 1.82) is 0 Å². The molecule has 1 atom stereocenters. The van der Waals surface area contributed by atoms with Crippen molar-refractivity contribution in [3.05, 3.63) is 28.2 Å².